The average Bonchev–Trinajstić information content (AvgIpc) is 2.43. The van der Waals surface area contributed by atoms with Gasteiger partial charge in [-0.05, 0) is 18.2 Å². The third-order valence-electron chi connectivity index (χ3n) is 2.69. The summed E-state index contributed by atoms with van der Waals surface area (Å²) in [6.07, 6.45) is 0.977. The van der Waals surface area contributed by atoms with E-state index in [9.17, 15) is 21.6 Å². The third kappa shape index (κ3) is 2.43. The molecule has 0 aliphatic carbocycles. The summed E-state index contributed by atoms with van der Waals surface area (Å²) in [5, 5.41) is 0. The highest BCUT2D eigenvalue weighted by Crippen LogP contribution is 2.31. The number of hydrogen-bond donors (Lipinski definition) is 1. The maximum Gasteiger partial charge on any atom is 0.269 e. The van der Waals surface area contributed by atoms with Crippen LogP contribution in [-0.2, 0) is 19.9 Å². The Labute approximate surface area is 111 Å². The van der Waals surface area contributed by atoms with Crippen LogP contribution in [0.1, 0.15) is 10.4 Å². The second-order valence-electron chi connectivity index (χ2n) is 4.27. The number of nitrogen functional groups attached to an aromatic ring is 1. The number of carbonyl (C=O) groups excluding carboxylic acids is 1. The van der Waals surface area contributed by atoms with Gasteiger partial charge in [-0.15, -0.1) is 0 Å². The van der Waals surface area contributed by atoms with Gasteiger partial charge in [-0.1, -0.05) is 0 Å². The zero-order chi connectivity index (χ0) is 14.4. The predicted molar refractivity (Wildman–Crippen MR) is 68.8 cm³/mol. The summed E-state index contributed by atoms with van der Waals surface area (Å²) >= 11 is 0. The summed E-state index contributed by atoms with van der Waals surface area (Å²) in [7, 11) is -7.33. The van der Waals surface area contributed by atoms with Crippen molar-refractivity contribution < 1.29 is 21.6 Å². The Morgan fingerprint density at radius 1 is 1.32 bits per heavy atom. The van der Waals surface area contributed by atoms with E-state index in [1.807, 2.05) is 0 Å². The molecule has 0 unspecified atom stereocenters. The molecule has 2 N–H and O–H groups in total. The van der Waals surface area contributed by atoms with Crippen molar-refractivity contribution in [2.75, 3.05) is 24.3 Å². The molecule has 0 radical (unpaired) electrons. The summed E-state index contributed by atoms with van der Waals surface area (Å²) in [5.41, 5.74) is 5.76. The number of fused-ring (bicyclic) bond motifs is 1. The van der Waals surface area contributed by atoms with Crippen molar-refractivity contribution in [2.24, 2.45) is 0 Å². The van der Waals surface area contributed by atoms with Gasteiger partial charge < -0.3 is 5.73 Å². The number of sulfone groups is 1. The molecule has 19 heavy (non-hydrogen) atoms. The molecule has 1 aliphatic rings. The van der Waals surface area contributed by atoms with E-state index in [-0.39, 0.29) is 16.1 Å². The molecular formula is C10H12N2O5S2. The fourth-order valence-electron chi connectivity index (χ4n) is 1.77. The van der Waals surface area contributed by atoms with E-state index in [0.29, 0.717) is 4.31 Å². The van der Waals surface area contributed by atoms with E-state index < -0.39 is 38.1 Å². The molecule has 0 fully saturated rings. The standard InChI is InChI=1S/C10H12N2O5S2/c1-18(14,15)5-4-12-10(13)8-6-7(11)2-3-9(8)19(12,16)17/h2-3,6H,4-5,11H2,1H3. The molecule has 1 aromatic rings. The van der Waals surface area contributed by atoms with Gasteiger partial charge in [-0.3, -0.25) is 4.79 Å². The molecule has 0 bridgehead atoms. The van der Waals surface area contributed by atoms with Gasteiger partial charge in [0.2, 0.25) is 0 Å². The van der Waals surface area contributed by atoms with Crippen LogP contribution in [-0.4, -0.2) is 45.6 Å². The first-order valence-electron chi connectivity index (χ1n) is 5.27. The maximum absolute atomic E-state index is 12.1. The van der Waals surface area contributed by atoms with Gasteiger partial charge in [0.15, 0.2) is 0 Å². The number of amides is 1. The molecule has 0 atom stereocenters. The Hall–Kier alpha value is -1.61. The first-order valence-corrected chi connectivity index (χ1v) is 8.77. The Morgan fingerprint density at radius 3 is 2.53 bits per heavy atom. The molecule has 0 saturated heterocycles. The highest BCUT2D eigenvalue weighted by atomic mass is 32.2. The summed E-state index contributed by atoms with van der Waals surface area (Å²) in [4.78, 5) is 11.8. The summed E-state index contributed by atoms with van der Waals surface area (Å²) < 4.78 is 46.9. The number of rotatable bonds is 3. The Bertz CT molecular complexity index is 752. The summed E-state index contributed by atoms with van der Waals surface area (Å²) in [5.74, 6) is -1.16. The third-order valence-corrected chi connectivity index (χ3v) is 5.46. The topological polar surface area (TPSA) is 115 Å². The molecule has 1 aromatic carbocycles. The normalized spacial score (nSPS) is 17.5. The van der Waals surface area contributed by atoms with Gasteiger partial charge in [0.05, 0.1) is 17.9 Å². The minimum atomic E-state index is -3.97. The van der Waals surface area contributed by atoms with Crippen LogP contribution in [0.5, 0.6) is 0 Å². The van der Waals surface area contributed by atoms with Crippen molar-refractivity contribution in [1.82, 2.24) is 4.31 Å². The number of anilines is 1. The van der Waals surface area contributed by atoms with E-state index in [1.165, 1.54) is 18.2 Å². The molecule has 0 aromatic heterocycles. The first-order chi connectivity index (χ1) is 8.63. The fourth-order valence-corrected chi connectivity index (χ4v) is 3.95. The molecule has 0 spiro atoms. The summed E-state index contributed by atoms with van der Waals surface area (Å²) in [6, 6.07) is 3.90. The minimum absolute atomic E-state index is 0.0199. The van der Waals surface area contributed by atoms with Crippen molar-refractivity contribution in [3.05, 3.63) is 23.8 Å². The number of hydrogen-bond acceptors (Lipinski definition) is 6. The lowest BCUT2D eigenvalue weighted by Crippen LogP contribution is -2.34. The van der Waals surface area contributed by atoms with Crippen LogP contribution >= 0.6 is 0 Å². The molecule has 1 heterocycles. The smallest absolute Gasteiger partial charge is 0.269 e. The van der Waals surface area contributed by atoms with Crippen LogP contribution in [0.3, 0.4) is 0 Å². The highest BCUT2D eigenvalue weighted by Gasteiger charge is 2.41. The molecule has 1 amide bonds. The van der Waals surface area contributed by atoms with Gasteiger partial charge in [-0.2, -0.15) is 0 Å². The average molecular weight is 304 g/mol. The zero-order valence-electron chi connectivity index (χ0n) is 10.0. The number of nitrogens with two attached hydrogens (primary N) is 1. The van der Waals surface area contributed by atoms with Crippen LogP contribution in [0.2, 0.25) is 0 Å². The fraction of sp³-hybridized carbons (Fsp3) is 0.300. The van der Waals surface area contributed by atoms with Gasteiger partial charge in [0.25, 0.3) is 15.9 Å². The Morgan fingerprint density at radius 2 is 1.95 bits per heavy atom. The number of nitrogens with zero attached hydrogens (tertiary/aromatic N) is 1. The predicted octanol–water partition coefficient (Wildman–Crippen LogP) is -0.542. The van der Waals surface area contributed by atoms with Gasteiger partial charge in [-0.25, -0.2) is 21.1 Å². The minimum Gasteiger partial charge on any atom is -0.399 e. The molecule has 2 rings (SSSR count). The van der Waals surface area contributed by atoms with Crippen molar-refractivity contribution in [3.63, 3.8) is 0 Å². The summed E-state index contributed by atoms with van der Waals surface area (Å²) in [6.45, 7) is -0.394. The van der Waals surface area contributed by atoms with Gasteiger partial charge in [0.1, 0.15) is 14.7 Å². The first kappa shape index (κ1) is 13.8. The van der Waals surface area contributed by atoms with Crippen molar-refractivity contribution in [1.29, 1.82) is 0 Å². The second-order valence-corrected chi connectivity index (χ2v) is 8.36. The SMILES string of the molecule is CS(=O)(=O)CCN1C(=O)c2cc(N)ccc2S1(=O)=O. The molecule has 9 heteroatoms. The maximum atomic E-state index is 12.1. The largest absolute Gasteiger partial charge is 0.399 e. The van der Waals surface area contributed by atoms with Crippen molar-refractivity contribution >= 4 is 31.5 Å². The van der Waals surface area contributed by atoms with Crippen LogP contribution < -0.4 is 5.73 Å². The molecule has 0 saturated carbocycles. The van der Waals surface area contributed by atoms with Gasteiger partial charge >= 0.3 is 0 Å². The Kier molecular flexibility index (Phi) is 3.06. The quantitative estimate of drug-likeness (QED) is 0.750. The number of benzene rings is 1. The van der Waals surface area contributed by atoms with Crippen LogP contribution in [0.25, 0.3) is 0 Å². The van der Waals surface area contributed by atoms with E-state index in [2.05, 4.69) is 0 Å². The van der Waals surface area contributed by atoms with Gasteiger partial charge in [0, 0.05) is 11.9 Å². The lowest BCUT2D eigenvalue weighted by atomic mass is 10.2. The monoisotopic (exact) mass is 304 g/mol. The van der Waals surface area contributed by atoms with Crippen molar-refractivity contribution in [3.8, 4) is 0 Å². The number of sulfonamides is 1. The van der Waals surface area contributed by atoms with E-state index in [0.717, 1.165) is 6.26 Å². The molecule has 104 valence electrons. The number of carbonyl (C=O) groups is 1. The van der Waals surface area contributed by atoms with E-state index in [4.69, 9.17) is 5.73 Å². The zero-order valence-corrected chi connectivity index (χ0v) is 11.7. The molecular weight excluding hydrogens is 292 g/mol. The second kappa shape index (κ2) is 4.20. The lowest BCUT2D eigenvalue weighted by Gasteiger charge is -2.13. The Balaban J connectivity index is 2.43. The molecule has 7 nitrogen and oxygen atoms in total. The van der Waals surface area contributed by atoms with Crippen molar-refractivity contribution in [2.45, 2.75) is 4.90 Å². The lowest BCUT2D eigenvalue weighted by molar-refractivity contribution is 0.0876. The molecule has 1 aliphatic heterocycles. The van der Waals surface area contributed by atoms with Crippen LogP contribution in [0.4, 0.5) is 5.69 Å². The van der Waals surface area contributed by atoms with E-state index in [1.54, 1.807) is 0 Å². The van der Waals surface area contributed by atoms with Crippen LogP contribution in [0.15, 0.2) is 23.1 Å². The van der Waals surface area contributed by atoms with E-state index >= 15 is 0 Å². The highest BCUT2D eigenvalue weighted by molar-refractivity contribution is 7.91. The van der Waals surface area contributed by atoms with Crippen LogP contribution in [0, 0.1) is 0 Å².